The Morgan fingerprint density at radius 1 is 1.00 bits per heavy atom. The summed E-state index contributed by atoms with van der Waals surface area (Å²) in [7, 11) is 0. The fourth-order valence-corrected chi connectivity index (χ4v) is 2.77. The molecule has 0 saturated carbocycles. The lowest BCUT2D eigenvalue weighted by Crippen LogP contribution is -2.07. The highest BCUT2D eigenvalue weighted by Gasteiger charge is 2.05. The third-order valence-electron chi connectivity index (χ3n) is 4.09. The zero-order chi connectivity index (χ0) is 18.6. The molecule has 0 aliphatic rings. The molecule has 4 aromatic rings. The first-order valence-corrected chi connectivity index (χ1v) is 8.47. The summed E-state index contributed by atoms with van der Waals surface area (Å²) in [6.45, 7) is 0. The molecular formula is C22H16FN3O. The molecule has 0 atom stereocenters. The van der Waals surface area contributed by atoms with Crippen LogP contribution in [0.25, 0.3) is 28.5 Å². The summed E-state index contributed by atoms with van der Waals surface area (Å²) in [5, 5.41) is 2.78. The number of aromatic nitrogens is 2. The van der Waals surface area contributed by atoms with Crippen molar-refractivity contribution in [3.8, 4) is 11.4 Å². The van der Waals surface area contributed by atoms with Gasteiger partial charge >= 0.3 is 0 Å². The Kier molecular flexibility index (Phi) is 4.49. The van der Waals surface area contributed by atoms with Crippen LogP contribution in [0.1, 0.15) is 5.56 Å². The van der Waals surface area contributed by atoms with E-state index >= 15 is 0 Å². The van der Waals surface area contributed by atoms with Crippen LogP contribution in [-0.4, -0.2) is 15.9 Å². The summed E-state index contributed by atoms with van der Waals surface area (Å²) in [5.41, 5.74) is 4.12. The number of aromatic amines is 1. The number of nitrogens with zero attached hydrogens (tertiary/aromatic N) is 1. The normalized spacial score (nSPS) is 11.1. The highest BCUT2D eigenvalue weighted by molar-refractivity contribution is 6.02. The molecule has 1 heterocycles. The lowest BCUT2D eigenvalue weighted by molar-refractivity contribution is -0.111. The Morgan fingerprint density at radius 3 is 2.59 bits per heavy atom. The number of amides is 1. The van der Waals surface area contributed by atoms with Crippen molar-refractivity contribution in [3.05, 3.63) is 90.3 Å². The van der Waals surface area contributed by atoms with E-state index in [1.807, 2.05) is 48.5 Å². The van der Waals surface area contributed by atoms with Gasteiger partial charge in [0.1, 0.15) is 11.6 Å². The number of imidazole rings is 1. The summed E-state index contributed by atoms with van der Waals surface area (Å²) >= 11 is 0. The third-order valence-corrected chi connectivity index (χ3v) is 4.09. The van der Waals surface area contributed by atoms with E-state index in [2.05, 4.69) is 15.3 Å². The highest BCUT2D eigenvalue weighted by atomic mass is 19.1. The molecule has 132 valence electrons. The number of carbonyl (C=O) groups excluding carboxylic acids is 1. The van der Waals surface area contributed by atoms with Crippen LogP contribution in [0.3, 0.4) is 0 Å². The molecule has 0 radical (unpaired) electrons. The van der Waals surface area contributed by atoms with Gasteiger partial charge in [-0.3, -0.25) is 4.79 Å². The second kappa shape index (κ2) is 7.25. The topological polar surface area (TPSA) is 57.8 Å². The second-order valence-corrected chi connectivity index (χ2v) is 6.06. The van der Waals surface area contributed by atoms with Gasteiger partial charge in [0.25, 0.3) is 0 Å². The molecule has 1 amide bonds. The number of hydrogen-bond donors (Lipinski definition) is 2. The van der Waals surface area contributed by atoms with Gasteiger partial charge in [0, 0.05) is 17.3 Å². The van der Waals surface area contributed by atoms with Crippen LogP contribution >= 0.6 is 0 Å². The number of benzene rings is 3. The van der Waals surface area contributed by atoms with E-state index in [1.165, 1.54) is 18.2 Å². The highest BCUT2D eigenvalue weighted by Crippen LogP contribution is 2.22. The largest absolute Gasteiger partial charge is 0.338 e. The van der Waals surface area contributed by atoms with E-state index in [0.29, 0.717) is 11.3 Å². The Bertz CT molecular complexity index is 1100. The number of rotatable bonds is 4. The van der Waals surface area contributed by atoms with Gasteiger partial charge in [-0.15, -0.1) is 0 Å². The van der Waals surface area contributed by atoms with Crippen molar-refractivity contribution in [1.29, 1.82) is 0 Å². The monoisotopic (exact) mass is 357 g/mol. The van der Waals surface area contributed by atoms with Gasteiger partial charge < -0.3 is 10.3 Å². The van der Waals surface area contributed by atoms with Gasteiger partial charge in [0.2, 0.25) is 5.91 Å². The van der Waals surface area contributed by atoms with Gasteiger partial charge in [0.15, 0.2) is 0 Å². The molecule has 0 saturated heterocycles. The van der Waals surface area contributed by atoms with Crippen molar-refractivity contribution in [2.75, 3.05) is 5.32 Å². The molecule has 0 fully saturated rings. The zero-order valence-electron chi connectivity index (χ0n) is 14.3. The summed E-state index contributed by atoms with van der Waals surface area (Å²) in [6, 6.07) is 21.3. The summed E-state index contributed by atoms with van der Waals surface area (Å²) in [6.07, 6.45) is 2.95. The number of carbonyl (C=O) groups is 1. The summed E-state index contributed by atoms with van der Waals surface area (Å²) < 4.78 is 13.1. The van der Waals surface area contributed by atoms with Gasteiger partial charge in [-0.25, -0.2) is 9.37 Å². The SMILES string of the molecule is O=C(C=Cc1cccc(F)c1)Nc1ccc(-c2nc3ccccc3[nH]2)cc1. The van der Waals surface area contributed by atoms with E-state index < -0.39 is 0 Å². The molecule has 5 heteroatoms. The molecule has 0 spiro atoms. The van der Waals surface area contributed by atoms with Crippen molar-refractivity contribution in [1.82, 2.24) is 9.97 Å². The first-order valence-electron chi connectivity index (χ1n) is 8.47. The summed E-state index contributed by atoms with van der Waals surface area (Å²) in [4.78, 5) is 19.9. The maximum Gasteiger partial charge on any atom is 0.248 e. The van der Waals surface area contributed by atoms with Crippen LogP contribution in [-0.2, 0) is 4.79 Å². The molecule has 2 N–H and O–H groups in total. The minimum absolute atomic E-state index is 0.282. The minimum Gasteiger partial charge on any atom is -0.338 e. The Balaban J connectivity index is 1.45. The van der Waals surface area contributed by atoms with Gasteiger partial charge in [-0.05, 0) is 60.2 Å². The van der Waals surface area contributed by atoms with Crippen LogP contribution in [0.4, 0.5) is 10.1 Å². The molecule has 4 nitrogen and oxygen atoms in total. The smallest absolute Gasteiger partial charge is 0.248 e. The Hall–Kier alpha value is -3.73. The molecule has 3 aromatic carbocycles. The van der Waals surface area contributed by atoms with Crippen LogP contribution in [0, 0.1) is 5.82 Å². The number of hydrogen-bond acceptors (Lipinski definition) is 2. The molecule has 0 unspecified atom stereocenters. The average molecular weight is 357 g/mol. The standard InChI is InChI=1S/C22H16FN3O/c23-17-5-3-4-15(14-17)8-13-21(27)24-18-11-9-16(10-12-18)22-25-19-6-1-2-7-20(19)26-22/h1-14H,(H,24,27)(H,25,26). The fourth-order valence-electron chi connectivity index (χ4n) is 2.77. The number of fused-ring (bicyclic) bond motifs is 1. The number of nitrogens with one attached hydrogen (secondary N) is 2. The Labute approximate surface area is 155 Å². The molecule has 0 bridgehead atoms. The minimum atomic E-state index is -0.335. The number of para-hydroxylation sites is 2. The third kappa shape index (κ3) is 3.93. The molecule has 0 aliphatic carbocycles. The fraction of sp³-hybridized carbons (Fsp3) is 0. The van der Waals surface area contributed by atoms with Crippen molar-refractivity contribution in [2.24, 2.45) is 0 Å². The van der Waals surface area contributed by atoms with Gasteiger partial charge in [0.05, 0.1) is 11.0 Å². The predicted octanol–water partition coefficient (Wildman–Crippen LogP) is 5.02. The summed E-state index contributed by atoms with van der Waals surface area (Å²) in [5.74, 6) is 0.162. The van der Waals surface area contributed by atoms with E-state index in [1.54, 1.807) is 18.2 Å². The van der Waals surface area contributed by atoms with Crippen molar-refractivity contribution >= 4 is 28.7 Å². The molecular weight excluding hydrogens is 341 g/mol. The van der Waals surface area contributed by atoms with Crippen molar-refractivity contribution in [3.63, 3.8) is 0 Å². The van der Waals surface area contributed by atoms with Crippen LogP contribution < -0.4 is 5.32 Å². The quantitative estimate of drug-likeness (QED) is 0.504. The van der Waals surface area contributed by atoms with Gasteiger partial charge in [-0.1, -0.05) is 24.3 Å². The first-order chi connectivity index (χ1) is 13.2. The van der Waals surface area contributed by atoms with Crippen molar-refractivity contribution in [2.45, 2.75) is 0 Å². The van der Waals surface area contributed by atoms with Gasteiger partial charge in [-0.2, -0.15) is 0 Å². The molecule has 4 rings (SSSR count). The van der Waals surface area contributed by atoms with Crippen LogP contribution in [0.5, 0.6) is 0 Å². The maximum absolute atomic E-state index is 13.1. The van der Waals surface area contributed by atoms with Crippen LogP contribution in [0.15, 0.2) is 78.9 Å². The van der Waals surface area contributed by atoms with E-state index in [0.717, 1.165) is 22.4 Å². The molecule has 1 aromatic heterocycles. The van der Waals surface area contributed by atoms with E-state index in [9.17, 15) is 9.18 Å². The number of anilines is 1. The predicted molar refractivity (Wildman–Crippen MR) is 106 cm³/mol. The number of halogens is 1. The van der Waals surface area contributed by atoms with Crippen LogP contribution in [0.2, 0.25) is 0 Å². The van der Waals surface area contributed by atoms with E-state index in [4.69, 9.17) is 0 Å². The van der Waals surface area contributed by atoms with E-state index in [-0.39, 0.29) is 11.7 Å². The molecule has 27 heavy (non-hydrogen) atoms. The average Bonchev–Trinajstić information content (AvgIpc) is 3.11. The second-order valence-electron chi connectivity index (χ2n) is 6.06. The Morgan fingerprint density at radius 2 is 1.81 bits per heavy atom. The first kappa shape index (κ1) is 16.7. The zero-order valence-corrected chi connectivity index (χ0v) is 14.3. The maximum atomic E-state index is 13.1. The lowest BCUT2D eigenvalue weighted by atomic mass is 10.2. The van der Waals surface area contributed by atoms with Crippen molar-refractivity contribution < 1.29 is 9.18 Å². The molecule has 0 aliphatic heterocycles. The lowest BCUT2D eigenvalue weighted by Gasteiger charge is -2.03. The number of H-pyrrole nitrogens is 1.